The summed E-state index contributed by atoms with van der Waals surface area (Å²) in [6.45, 7) is 5.60. The monoisotopic (exact) mass is 347 g/mol. The number of hydrogen-bond acceptors (Lipinski definition) is 6. The second-order valence-corrected chi connectivity index (χ2v) is 7.01. The molecule has 7 nitrogen and oxygen atoms in total. The Bertz CT molecular complexity index is 973. The molecule has 0 aliphatic heterocycles. The highest BCUT2D eigenvalue weighted by molar-refractivity contribution is 7.92. The third-order valence-electron chi connectivity index (χ3n) is 3.46. The summed E-state index contributed by atoms with van der Waals surface area (Å²) in [5, 5.41) is 7.45. The zero-order valence-corrected chi connectivity index (χ0v) is 14.3. The van der Waals surface area contributed by atoms with Crippen LogP contribution in [0.1, 0.15) is 23.9 Å². The minimum absolute atomic E-state index is 0.153. The number of nitrogens with zero attached hydrogens (tertiary/aromatic N) is 2. The molecule has 126 valence electrons. The van der Waals surface area contributed by atoms with Crippen LogP contribution in [0, 0.1) is 13.8 Å². The van der Waals surface area contributed by atoms with E-state index in [1.54, 1.807) is 6.07 Å². The van der Waals surface area contributed by atoms with E-state index in [1.807, 2.05) is 32.9 Å². The van der Waals surface area contributed by atoms with Gasteiger partial charge in [-0.3, -0.25) is 4.72 Å². The maximum atomic E-state index is 12.5. The van der Waals surface area contributed by atoms with E-state index in [0.717, 1.165) is 11.1 Å². The van der Waals surface area contributed by atoms with Gasteiger partial charge >= 0.3 is 0 Å². The van der Waals surface area contributed by atoms with Crippen molar-refractivity contribution >= 4 is 15.7 Å². The zero-order valence-electron chi connectivity index (χ0n) is 13.5. The topological polar surface area (TPSA) is 98.2 Å². The van der Waals surface area contributed by atoms with Crippen LogP contribution in [0.15, 0.2) is 44.3 Å². The number of rotatable bonds is 5. The van der Waals surface area contributed by atoms with Crippen molar-refractivity contribution in [2.45, 2.75) is 32.3 Å². The number of sulfonamides is 1. The molecule has 0 saturated carbocycles. The van der Waals surface area contributed by atoms with Gasteiger partial charge in [-0.25, -0.2) is 0 Å². The number of hydrogen-bond donors (Lipinski definition) is 1. The van der Waals surface area contributed by atoms with Gasteiger partial charge in [0, 0.05) is 6.42 Å². The highest BCUT2D eigenvalue weighted by Crippen LogP contribution is 2.26. The normalized spacial score (nSPS) is 11.6. The SMILES string of the molecule is CCc1nnc(-c2ccc(S(=O)(=O)Nc3cc(C)ccc3C)o2)o1. The summed E-state index contributed by atoms with van der Waals surface area (Å²) < 4.78 is 38.3. The number of benzene rings is 1. The fourth-order valence-corrected chi connectivity index (χ4v) is 3.17. The van der Waals surface area contributed by atoms with E-state index in [0.29, 0.717) is 18.0 Å². The highest BCUT2D eigenvalue weighted by Gasteiger charge is 2.22. The van der Waals surface area contributed by atoms with E-state index < -0.39 is 10.0 Å². The Balaban J connectivity index is 1.89. The molecule has 3 rings (SSSR count). The van der Waals surface area contributed by atoms with Gasteiger partial charge in [0.1, 0.15) is 0 Å². The minimum atomic E-state index is -3.85. The second kappa shape index (κ2) is 6.12. The van der Waals surface area contributed by atoms with Crippen molar-refractivity contribution in [1.29, 1.82) is 0 Å². The van der Waals surface area contributed by atoms with Crippen LogP contribution in [0.25, 0.3) is 11.7 Å². The van der Waals surface area contributed by atoms with Gasteiger partial charge in [0.2, 0.25) is 11.0 Å². The first-order valence-corrected chi connectivity index (χ1v) is 8.90. The molecule has 1 N–H and O–H groups in total. The third-order valence-corrected chi connectivity index (χ3v) is 4.70. The predicted octanol–water partition coefficient (Wildman–Crippen LogP) is 3.31. The molecule has 0 bridgehead atoms. The maximum absolute atomic E-state index is 12.5. The Morgan fingerprint density at radius 2 is 1.88 bits per heavy atom. The van der Waals surface area contributed by atoms with Crippen molar-refractivity contribution in [2.75, 3.05) is 4.72 Å². The summed E-state index contributed by atoms with van der Waals surface area (Å²) in [5.74, 6) is 0.822. The quantitative estimate of drug-likeness (QED) is 0.760. The lowest BCUT2D eigenvalue weighted by atomic mass is 10.1. The number of nitrogens with one attached hydrogen (secondary N) is 1. The van der Waals surface area contributed by atoms with Gasteiger partial charge in [0.05, 0.1) is 5.69 Å². The highest BCUT2D eigenvalue weighted by atomic mass is 32.2. The molecular weight excluding hydrogens is 330 g/mol. The van der Waals surface area contributed by atoms with Crippen molar-refractivity contribution < 1.29 is 17.3 Å². The van der Waals surface area contributed by atoms with Crippen LogP contribution in [0.3, 0.4) is 0 Å². The van der Waals surface area contributed by atoms with Crippen LogP contribution in [-0.4, -0.2) is 18.6 Å². The summed E-state index contributed by atoms with van der Waals surface area (Å²) in [4.78, 5) is 0. The Labute approximate surface area is 139 Å². The van der Waals surface area contributed by atoms with Crippen LogP contribution in [0.5, 0.6) is 0 Å². The van der Waals surface area contributed by atoms with E-state index in [1.165, 1.54) is 12.1 Å². The summed E-state index contributed by atoms with van der Waals surface area (Å²) in [5.41, 5.74) is 2.29. The summed E-state index contributed by atoms with van der Waals surface area (Å²) in [6, 6.07) is 8.38. The van der Waals surface area contributed by atoms with E-state index in [9.17, 15) is 8.42 Å². The Kier molecular flexibility index (Phi) is 4.15. The van der Waals surface area contributed by atoms with Crippen molar-refractivity contribution in [3.63, 3.8) is 0 Å². The van der Waals surface area contributed by atoms with Gasteiger partial charge in [-0.15, -0.1) is 10.2 Å². The first kappa shape index (κ1) is 16.3. The third kappa shape index (κ3) is 3.18. The molecule has 2 heterocycles. The fraction of sp³-hybridized carbons (Fsp3) is 0.250. The smallest absolute Gasteiger partial charge is 0.295 e. The standard InChI is InChI=1S/C16H17N3O4S/c1-4-14-17-18-16(23-14)13-7-8-15(22-13)24(20,21)19-12-9-10(2)5-6-11(12)3/h5-9,19H,4H2,1-3H3. The molecule has 0 aliphatic rings. The molecule has 0 unspecified atom stereocenters. The number of anilines is 1. The lowest BCUT2D eigenvalue weighted by Crippen LogP contribution is -2.13. The van der Waals surface area contributed by atoms with Crippen LogP contribution in [0.4, 0.5) is 5.69 Å². The maximum Gasteiger partial charge on any atom is 0.295 e. The molecule has 2 aromatic heterocycles. The molecule has 0 fully saturated rings. The Hall–Kier alpha value is -2.61. The van der Waals surface area contributed by atoms with Crippen molar-refractivity contribution in [3.05, 3.63) is 47.3 Å². The number of aromatic nitrogens is 2. The van der Waals surface area contributed by atoms with Gasteiger partial charge in [0.25, 0.3) is 15.9 Å². The average molecular weight is 347 g/mol. The van der Waals surface area contributed by atoms with E-state index in [4.69, 9.17) is 8.83 Å². The van der Waals surface area contributed by atoms with Crippen molar-refractivity contribution in [3.8, 4) is 11.7 Å². The van der Waals surface area contributed by atoms with Gasteiger partial charge < -0.3 is 8.83 Å². The molecule has 0 radical (unpaired) electrons. The van der Waals surface area contributed by atoms with Gasteiger partial charge in [-0.2, -0.15) is 8.42 Å². The molecule has 3 aromatic rings. The average Bonchev–Trinajstić information content (AvgIpc) is 3.19. The molecule has 0 spiro atoms. The second-order valence-electron chi connectivity index (χ2n) is 5.40. The Morgan fingerprint density at radius 3 is 2.58 bits per heavy atom. The zero-order chi connectivity index (χ0) is 17.3. The van der Waals surface area contributed by atoms with E-state index in [-0.39, 0.29) is 16.7 Å². The molecule has 24 heavy (non-hydrogen) atoms. The lowest BCUT2D eigenvalue weighted by Gasteiger charge is -2.09. The molecule has 0 saturated heterocycles. The van der Waals surface area contributed by atoms with Crippen LogP contribution in [-0.2, 0) is 16.4 Å². The molecule has 0 atom stereocenters. The largest absolute Gasteiger partial charge is 0.438 e. The van der Waals surface area contributed by atoms with E-state index >= 15 is 0 Å². The first-order chi connectivity index (χ1) is 11.4. The molecule has 1 aromatic carbocycles. The fourth-order valence-electron chi connectivity index (χ4n) is 2.12. The molecular formula is C16H17N3O4S. The van der Waals surface area contributed by atoms with Gasteiger partial charge in [0.15, 0.2) is 5.76 Å². The first-order valence-electron chi connectivity index (χ1n) is 7.41. The van der Waals surface area contributed by atoms with Gasteiger partial charge in [-0.1, -0.05) is 19.1 Å². The molecule has 8 heteroatoms. The summed E-state index contributed by atoms with van der Waals surface area (Å²) in [7, 11) is -3.85. The van der Waals surface area contributed by atoms with Crippen molar-refractivity contribution in [2.24, 2.45) is 0 Å². The van der Waals surface area contributed by atoms with E-state index in [2.05, 4.69) is 14.9 Å². The van der Waals surface area contributed by atoms with Crippen LogP contribution in [0.2, 0.25) is 0 Å². The van der Waals surface area contributed by atoms with Crippen LogP contribution >= 0.6 is 0 Å². The Morgan fingerprint density at radius 1 is 1.08 bits per heavy atom. The molecule has 0 amide bonds. The van der Waals surface area contributed by atoms with Crippen molar-refractivity contribution in [1.82, 2.24) is 10.2 Å². The minimum Gasteiger partial charge on any atom is -0.438 e. The number of aryl methyl sites for hydroxylation is 3. The predicted molar refractivity (Wildman–Crippen MR) is 88.1 cm³/mol. The summed E-state index contributed by atoms with van der Waals surface area (Å²) in [6.07, 6.45) is 0.590. The lowest BCUT2D eigenvalue weighted by molar-refractivity contribution is 0.436. The van der Waals surface area contributed by atoms with Gasteiger partial charge in [-0.05, 0) is 43.2 Å². The van der Waals surface area contributed by atoms with Crippen LogP contribution < -0.4 is 4.72 Å². The summed E-state index contributed by atoms with van der Waals surface area (Å²) >= 11 is 0. The number of furan rings is 1. The molecule has 0 aliphatic carbocycles.